The number of aliphatic hydroxyl groups excluding tert-OH is 1. The van der Waals surface area contributed by atoms with Gasteiger partial charge in [0.25, 0.3) is 5.91 Å². The van der Waals surface area contributed by atoms with Gasteiger partial charge in [0.1, 0.15) is 11.6 Å². The van der Waals surface area contributed by atoms with Crippen LogP contribution in [-0.4, -0.2) is 34.6 Å². The predicted octanol–water partition coefficient (Wildman–Crippen LogP) is 2.64. The number of nitrogens with zero attached hydrogens (tertiary/aromatic N) is 1. The van der Waals surface area contributed by atoms with E-state index in [9.17, 15) is 14.7 Å². The van der Waals surface area contributed by atoms with Gasteiger partial charge in [0.2, 0.25) is 0 Å². The zero-order valence-electron chi connectivity index (χ0n) is 14.4. The van der Waals surface area contributed by atoms with Gasteiger partial charge in [-0.05, 0) is 12.1 Å². The molecule has 2 N–H and O–H groups in total. The van der Waals surface area contributed by atoms with Crippen molar-refractivity contribution in [2.75, 3.05) is 6.61 Å². The molecule has 1 atom stereocenters. The van der Waals surface area contributed by atoms with Crippen LogP contribution in [-0.2, 0) is 16.1 Å². The maximum atomic E-state index is 12.2. The summed E-state index contributed by atoms with van der Waals surface area (Å²) in [4.78, 5) is 28.7. The first kappa shape index (κ1) is 18.8. The summed E-state index contributed by atoms with van der Waals surface area (Å²) >= 11 is 1.45. The number of hydrogen-bond donors (Lipinski definition) is 2. The average Bonchev–Trinajstić information content (AvgIpc) is 3.20. The van der Waals surface area contributed by atoms with E-state index in [-0.39, 0.29) is 6.61 Å². The molecule has 0 radical (unpaired) electrons. The molecule has 7 heteroatoms. The van der Waals surface area contributed by atoms with Crippen LogP contribution in [0.5, 0.6) is 0 Å². The summed E-state index contributed by atoms with van der Waals surface area (Å²) in [6.45, 7) is -0.580. The van der Waals surface area contributed by atoms with E-state index in [2.05, 4.69) is 10.3 Å². The largest absolute Gasteiger partial charge is 0.458 e. The molecule has 0 aliphatic rings. The number of aliphatic hydroxyl groups is 1. The lowest BCUT2D eigenvalue weighted by molar-refractivity contribution is -0.148. The van der Waals surface area contributed by atoms with Crippen LogP contribution in [0.4, 0.5) is 0 Å². The monoisotopic (exact) mass is 382 g/mol. The summed E-state index contributed by atoms with van der Waals surface area (Å²) in [5, 5.41) is 14.5. The van der Waals surface area contributed by atoms with Gasteiger partial charge in [0.15, 0.2) is 6.04 Å². The summed E-state index contributed by atoms with van der Waals surface area (Å²) in [5.74, 6) is -1.16. The van der Waals surface area contributed by atoms with Gasteiger partial charge in [-0.3, -0.25) is 4.79 Å². The Kier molecular flexibility index (Phi) is 6.30. The summed E-state index contributed by atoms with van der Waals surface area (Å²) in [7, 11) is 0. The molecule has 138 valence electrons. The van der Waals surface area contributed by atoms with Gasteiger partial charge in [-0.25, -0.2) is 9.78 Å². The first-order chi connectivity index (χ1) is 13.2. The Bertz CT molecular complexity index is 897. The van der Waals surface area contributed by atoms with Crippen molar-refractivity contribution in [1.82, 2.24) is 10.3 Å². The van der Waals surface area contributed by atoms with Gasteiger partial charge in [-0.15, -0.1) is 11.3 Å². The van der Waals surface area contributed by atoms with Gasteiger partial charge in [-0.1, -0.05) is 48.5 Å². The third-order valence-corrected chi connectivity index (χ3v) is 4.68. The van der Waals surface area contributed by atoms with Crippen molar-refractivity contribution in [2.24, 2.45) is 0 Å². The summed E-state index contributed by atoms with van der Waals surface area (Å²) in [6.07, 6.45) is 0. The fraction of sp³-hybridized carbons (Fsp3) is 0.150. The molecule has 6 nitrogen and oxygen atoms in total. The molecule has 0 saturated heterocycles. The second-order valence-corrected chi connectivity index (χ2v) is 6.55. The molecule has 1 heterocycles. The van der Waals surface area contributed by atoms with E-state index in [1.807, 2.05) is 35.7 Å². The number of carbonyl (C=O) groups excluding carboxylic acids is 2. The first-order valence-electron chi connectivity index (χ1n) is 8.30. The Morgan fingerprint density at radius 1 is 1.07 bits per heavy atom. The molecular weight excluding hydrogens is 364 g/mol. The molecule has 1 aromatic heterocycles. The summed E-state index contributed by atoms with van der Waals surface area (Å²) < 4.78 is 5.20. The van der Waals surface area contributed by atoms with Crippen molar-refractivity contribution in [3.05, 3.63) is 77.3 Å². The molecule has 0 spiro atoms. The number of nitrogens with one attached hydrogen (secondary N) is 1. The average molecular weight is 382 g/mol. The van der Waals surface area contributed by atoms with E-state index in [4.69, 9.17) is 4.74 Å². The van der Waals surface area contributed by atoms with Crippen LogP contribution in [0.25, 0.3) is 10.6 Å². The van der Waals surface area contributed by atoms with Gasteiger partial charge in [0.05, 0.1) is 12.3 Å². The fourth-order valence-corrected chi connectivity index (χ4v) is 3.15. The van der Waals surface area contributed by atoms with Crippen LogP contribution in [0.1, 0.15) is 16.1 Å². The highest BCUT2D eigenvalue weighted by atomic mass is 32.1. The highest BCUT2D eigenvalue weighted by Crippen LogP contribution is 2.23. The van der Waals surface area contributed by atoms with Crippen molar-refractivity contribution in [3.63, 3.8) is 0 Å². The maximum Gasteiger partial charge on any atom is 0.331 e. The number of rotatable bonds is 7. The van der Waals surface area contributed by atoms with E-state index in [0.717, 1.165) is 10.6 Å². The molecule has 0 fully saturated rings. The molecule has 3 aromatic rings. The van der Waals surface area contributed by atoms with E-state index < -0.39 is 24.5 Å². The number of carbonyl (C=O) groups is 2. The van der Waals surface area contributed by atoms with Gasteiger partial charge >= 0.3 is 5.97 Å². The van der Waals surface area contributed by atoms with Crippen LogP contribution in [0, 0.1) is 0 Å². The van der Waals surface area contributed by atoms with E-state index in [1.54, 1.807) is 30.3 Å². The second-order valence-electron chi connectivity index (χ2n) is 5.69. The van der Waals surface area contributed by atoms with Crippen LogP contribution in [0.2, 0.25) is 0 Å². The quantitative estimate of drug-likeness (QED) is 0.613. The third-order valence-electron chi connectivity index (χ3n) is 3.74. The molecule has 1 amide bonds. The standard InChI is InChI=1S/C20H18N2O4S/c23-11-17(22-18(24)14-7-3-1-4-8-14)20(25)26-12-16-13-27-19(21-16)15-9-5-2-6-10-15/h1-10,13,17,23H,11-12H2,(H,22,24). The predicted molar refractivity (Wildman–Crippen MR) is 102 cm³/mol. The van der Waals surface area contributed by atoms with Crippen LogP contribution >= 0.6 is 11.3 Å². The van der Waals surface area contributed by atoms with Crippen molar-refractivity contribution in [3.8, 4) is 10.6 Å². The summed E-state index contributed by atoms with van der Waals surface area (Å²) in [6, 6.07) is 17.0. The molecule has 0 saturated carbocycles. The number of ether oxygens (including phenoxy) is 1. The number of amides is 1. The van der Waals surface area contributed by atoms with E-state index in [0.29, 0.717) is 11.3 Å². The normalized spacial score (nSPS) is 11.6. The van der Waals surface area contributed by atoms with Crippen LogP contribution in [0.15, 0.2) is 66.0 Å². The molecule has 2 aromatic carbocycles. The zero-order chi connectivity index (χ0) is 19.1. The van der Waals surface area contributed by atoms with Gasteiger partial charge < -0.3 is 15.2 Å². The Labute approximate surface area is 160 Å². The number of benzene rings is 2. The number of esters is 1. The van der Waals surface area contributed by atoms with Crippen molar-refractivity contribution >= 4 is 23.2 Å². The molecular formula is C20H18N2O4S. The Morgan fingerprint density at radius 3 is 2.41 bits per heavy atom. The molecule has 0 bridgehead atoms. The summed E-state index contributed by atoms with van der Waals surface area (Å²) in [5.41, 5.74) is 2.00. The topological polar surface area (TPSA) is 88.5 Å². The molecule has 27 heavy (non-hydrogen) atoms. The third kappa shape index (κ3) is 4.99. The van der Waals surface area contributed by atoms with E-state index in [1.165, 1.54) is 11.3 Å². The Hall–Kier alpha value is -3.03. The number of hydrogen-bond acceptors (Lipinski definition) is 6. The minimum Gasteiger partial charge on any atom is -0.458 e. The Morgan fingerprint density at radius 2 is 1.74 bits per heavy atom. The van der Waals surface area contributed by atoms with E-state index >= 15 is 0 Å². The lowest BCUT2D eigenvalue weighted by atomic mass is 10.2. The van der Waals surface area contributed by atoms with Crippen molar-refractivity contribution < 1.29 is 19.4 Å². The highest BCUT2D eigenvalue weighted by Gasteiger charge is 2.22. The number of thiazole rings is 1. The smallest absolute Gasteiger partial charge is 0.331 e. The second kappa shape index (κ2) is 9.07. The van der Waals surface area contributed by atoms with Crippen LogP contribution in [0.3, 0.4) is 0 Å². The first-order valence-corrected chi connectivity index (χ1v) is 9.18. The molecule has 0 aliphatic heterocycles. The zero-order valence-corrected chi connectivity index (χ0v) is 15.2. The lowest BCUT2D eigenvalue weighted by Crippen LogP contribution is -2.44. The fourth-order valence-electron chi connectivity index (χ4n) is 2.34. The lowest BCUT2D eigenvalue weighted by Gasteiger charge is -2.15. The SMILES string of the molecule is O=C(NC(CO)C(=O)OCc1csc(-c2ccccc2)n1)c1ccccc1. The molecule has 0 aliphatic carbocycles. The van der Waals surface area contributed by atoms with Crippen LogP contribution < -0.4 is 5.32 Å². The maximum absolute atomic E-state index is 12.2. The minimum atomic E-state index is -1.13. The Balaban J connectivity index is 1.56. The minimum absolute atomic E-state index is 0.0279. The molecule has 3 rings (SSSR count). The van der Waals surface area contributed by atoms with Gasteiger partial charge in [0, 0.05) is 16.5 Å². The number of aromatic nitrogens is 1. The van der Waals surface area contributed by atoms with Gasteiger partial charge in [-0.2, -0.15) is 0 Å². The van der Waals surface area contributed by atoms with Crippen molar-refractivity contribution in [1.29, 1.82) is 0 Å². The highest BCUT2D eigenvalue weighted by molar-refractivity contribution is 7.13. The van der Waals surface area contributed by atoms with Crippen molar-refractivity contribution in [2.45, 2.75) is 12.6 Å². The molecule has 1 unspecified atom stereocenters.